The standard InChI is InChI=1S/C57H43NO/c1-3-48(33-28-39(2)51-24-13-26-55-54-23-8-9-27-56(54)59-57(51)55)58(49-34-31-41(32-35-49)46-30-29-40-14-4-5-16-43(40)36-46)50-21-11-19-45(38-50)44-18-10-20-47(37-44)53-25-12-17-42-15-6-7-22-52(42)53/h4-38H,3H2,1-2H3/b39-28+,48-33+. The Kier molecular flexibility index (Phi) is 9.44. The van der Waals surface area contributed by atoms with Crippen molar-refractivity contribution in [2.24, 2.45) is 0 Å². The molecule has 282 valence electrons. The summed E-state index contributed by atoms with van der Waals surface area (Å²) in [5, 5.41) is 7.28. The van der Waals surface area contributed by atoms with E-state index in [1.165, 1.54) is 60.6 Å². The van der Waals surface area contributed by atoms with Crippen molar-refractivity contribution >= 4 is 60.4 Å². The number of para-hydroxylation sites is 2. The number of anilines is 2. The molecule has 59 heavy (non-hydrogen) atoms. The third-order valence-electron chi connectivity index (χ3n) is 11.6. The topological polar surface area (TPSA) is 16.4 Å². The van der Waals surface area contributed by atoms with Gasteiger partial charge in [0.1, 0.15) is 11.2 Å². The second kappa shape index (κ2) is 15.5. The third kappa shape index (κ3) is 6.89. The Morgan fingerprint density at radius 1 is 0.458 bits per heavy atom. The van der Waals surface area contributed by atoms with E-state index in [4.69, 9.17) is 4.42 Å². The van der Waals surface area contributed by atoms with E-state index < -0.39 is 0 Å². The first-order chi connectivity index (χ1) is 29.1. The van der Waals surface area contributed by atoms with Gasteiger partial charge in [0.05, 0.1) is 0 Å². The van der Waals surface area contributed by atoms with Gasteiger partial charge in [-0.15, -0.1) is 0 Å². The summed E-state index contributed by atoms with van der Waals surface area (Å²) in [5.74, 6) is 0. The fourth-order valence-electron chi connectivity index (χ4n) is 8.54. The zero-order valence-electron chi connectivity index (χ0n) is 33.3. The number of furan rings is 1. The fraction of sp³-hybridized carbons (Fsp3) is 0.0526. The van der Waals surface area contributed by atoms with E-state index in [9.17, 15) is 0 Å². The van der Waals surface area contributed by atoms with Crippen LogP contribution in [0.1, 0.15) is 25.8 Å². The van der Waals surface area contributed by atoms with Crippen molar-refractivity contribution in [2.45, 2.75) is 20.3 Å². The molecule has 0 spiro atoms. The molecule has 0 aliphatic carbocycles. The van der Waals surface area contributed by atoms with Crippen molar-refractivity contribution in [1.29, 1.82) is 0 Å². The monoisotopic (exact) mass is 757 g/mol. The lowest BCUT2D eigenvalue weighted by Gasteiger charge is -2.28. The lowest BCUT2D eigenvalue weighted by Crippen LogP contribution is -2.16. The van der Waals surface area contributed by atoms with Crippen LogP contribution in [0.15, 0.2) is 222 Å². The molecule has 0 unspecified atom stereocenters. The van der Waals surface area contributed by atoms with E-state index in [1.54, 1.807) is 0 Å². The molecule has 1 aromatic heterocycles. The SMILES string of the molecule is CC/C(=C\C=C(/C)c1cccc2c1oc1ccccc12)N(c1ccc(-c2ccc3ccccc3c2)cc1)c1cccc(-c2cccc(-c3cccc4ccccc34)c2)c1. The first-order valence-corrected chi connectivity index (χ1v) is 20.5. The summed E-state index contributed by atoms with van der Waals surface area (Å²) >= 11 is 0. The van der Waals surface area contributed by atoms with Crippen LogP contribution in [-0.2, 0) is 0 Å². The number of hydrogen-bond donors (Lipinski definition) is 0. The Hall–Kier alpha value is -7.42. The second-order valence-corrected chi connectivity index (χ2v) is 15.2. The zero-order valence-corrected chi connectivity index (χ0v) is 33.3. The minimum absolute atomic E-state index is 0.825. The molecular formula is C57H43NO. The average Bonchev–Trinajstić information content (AvgIpc) is 3.69. The molecule has 0 bridgehead atoms. The van der Waals surface area contributed by atoms with Crippen LogP contribution in [0.25, 0.3) is 82.4 Å². The molecule has 10 rings (SSSR count). The van der Waals surface area contributed by atoms with Crippen LogP contribution in [0.5, 0.6) is 0 Å². The largest absolute Gasteiger partial charge is 0.455 e. The normalized spacial score (nSPS) is 12.2. The summed E-state index contributed by atoms with van der Waals surface area (Å²) < 4.78 is 6.44. The summed E-state index contributed by atoms with van der Waals surface area (Å²) in [6, 6.07) is 72.1. The molecule has 0 saturated carbocycles. The van der Waals surface area contributed by atoms with Crippen LogP contribution >= 0.6 is 0 Å². The molecule has 0 atom stereocenters. The van der Waals surface area contributed by atoms with Crippen LogP contribution in [-0.4, -0.2) is 0 Å². The Morgan fingerprint density at radius 2 is 1.08 bits per heavy atom. The molecule has 10 aromatic rings. The van der Waals surface area contributed by atoms with Crippen LogP contribution in [0.3, 0.4) is 0 Å². The summed E-state index contributed by atoms with van der Waals surface area (Å²) in [4.78, 5) is 2.41. The van der Waals surface area contributed by atoms with Gasteiger partial charge in [-0.2, -0.15) is 0 Å². The highest BCUT2D eigenvalue weighted by molar-refractivity contribution is 6.08. The van der Waals surface area contributed by atoms with Gasteiger partial charge in [0.2, 0.25) is 0 Å². The molecule has 0 radical (unpaired) electrons. The molecule has 1 heterocycles. The Balaban J connectivity index is 1.06. The molecule has 2 heteroatoms. The number of fused-ring (bicyclic) bond motifs is 5. The average molecular weight is 758 g/mol. The van der Waals surface area contributed by atoms with E-state index in [0.717, 1.165) is 50.9 Å². The summed E-state index contributed by atoms with van der Waals surface area (Å²) in [7, 11) is 0. The van der Waals surface area contributed by atoms with E-state index in [2.05, 4.69) is 219 Å². The van der Waals surface area contributed by atoms with Crippen molar-refractivity contribution in [2.75, 3.05) is 4.90 Å². The molecule has 0 fully saturated rings. The van der Waals surface area contributed by atoms with Crippen molar-refractivity contribution in [3.8, 4) is 33.4 Å². The first kappa shape index (κ1) is 36.0. The van der Waals surface area contributed by atoms with Crippen molar-refractivity contribution in [3.05, 3.63) is 224 Å². The highest BCUT2D eigenvalue weighted by atomic mass is 16.3. The lowest BCUT2D eigenvalue weighted by atomic mass is 9.95. The second-order valence-electron chi connectivity index (χ2n) is 15.2. The van der Waals surface area contributed by atoms with Gasteiger partial charge in [0.15, 0.2) is 0 Å². The van der Waals surface area contributed by atoms with Gasteiger partial charge in [0, 0.05) is 33.4 Å². The maximum atomic E-state index is 6.44. The fourth-order valence-corrected chi connectivity index (χ4v) is 8.54. The summed E-state index contributed by atoms with van der Waals surface area (Å²) in [6.07, 6.45) is 5.35. The first-order valence-electron chi connectivity index (χ1n) is 20.5. The van der Waals surface area contributed by atoms with E-state index >= 15 is 0 Å². The quantitative estimate of drug-likeness (QED) is 0.136. The van der Waals surface area contributed by atoms with Gasteiger partial charge in [-0.05, 0) is 122 Å². The Bertz CT molecular complexity index is 3210. The van der Waals surface area contributed by atoms with E-state index in [0.29, 0.717) is 0 Å². The highest BCUT2D eigenvalue weighted by Gasteiger charge is 2.17. The van der Waals surface area contributed by atoms with Gasteiger partial charge >= 0.3 is 0 Å². The maximum absolute atomic E-state index is 6.44. The summed E-state index contributed by atoms with van der Waals surface area (Å²) in [5.41, 5.74) is 14.7. The molecular weight excluding hydrogens is 715 g/mol. The van der Waals surface area contributed by atoms with Crippen molar-refractivity contribution in [1.82, 2.24) is 0 Å². The number of rotatable bonds is 9. The lowest BCUT2D eigenvalue weighted by molar-refractivity contribution is 0.667. The van der Waals surface area contributed by atoms with Crippen LogP contribution in [0, 0.1) is 0 Å². The van der Waals surface area contributed by atoms with Gasteiger partial charge in [0.25, 0.3) is 0 Å². The van der Waals surface area contributed by atoms with Crippen LogP contribution in [0.2, 0.25) is 0 Å². The number of hydrogen-bond acceptors (Lipinski definition) is 2. The summed E-state index contributed by atoms with van der Waals surface area (Å²) in [6.45, 7) is 4.42. The molecule has 0 saturated heterocycles. The van der Waals surface area contributed by atoms with Crippen LogP contribution in [0.4, 0.5) is 11.4 Å². The van der Waals surface area contributed by atoms with Gasteiger partial charge < -0.3 is 9.32 Å². The van der Waals surface area contributed by atoms with Gasteiger partial charge in [-0.1, -0.05) is 171 Å². The Morgan fingerprint density at radius 3 is 1.93 bits per heavy atom. The van der Waals surface area contributed by atoms with Crippen molar-refractivity contribution < 1.29 is 4.42 Å². The molecule has 0 aliphatic rings. The Labute approximate surface area is 345 Å². The predicted molar refractivity (Wildman–Crippen MR) is 252 cm³/mol. The number of nitrogens with zero attached hydrogens (tertiary/aromatic N) is 1. The minimum Gasteiger partial charge on any atom is -0.455 e. The molecule has 0 amide bonds. The van der Waals surface area contributed by atoms with Crippen molar-refractivity contribution in [3.63, 3.8) is 0 Å². The highest BCUT2D eigenvalue weighted by Crippen LogP contribution is 2.38. The molecule has 2 nitrogen and oxygen atoms in total. The minimum atomic E-state index is 0.825. The molecule has 9 aromatic carbocycles. The van der Waals surface area contributed by atoms with E-state index in [-0.39, 0.29) is 0 Å². The van der Waals surface area contributed by atoms with Gasteiger partial charge in [-0.3, -0.25) is 0 Å². The zero-order chi connectivity index (χ0) is 39.7. The number of benzene rings is 9. The predicted octanol–water partition coefficient (Wildman–Crippen LogP) is 16.4. The van der Waals surface area contributed by atoms with Crippen LogP contribution < -0.4 is 4.90 Å². The van der Waals surface area contributed by atoms with E-state index in [1.807, 2.05) is 12.1 Å². The maximum Gasteiger partial charge on any atom is 0.142 e. The molecule has 0 N–H and O–H groups in total. The van der Waals surface area contributed by atoms with Gasteiger partial charge in [-0.25, -0.2) is 0 Å². The third-order valence-corrected chi connectivity index (χ3v) is 11.6. The molecule has 0 aliphatic heterocycles. The number of allylic oxidation sites excluding steroid dienone is 4. The smallest absolute Gasteiger partial charge is 0.142 e.